The lowest BCUT2D eigenvalue weighted by atomic mass is 10.1. The van der Waals surface area contributed by atoms with Gasteiger partial charge < -0.3 is 5.32 Å². The highest BCUT2D eigenvalue weighted by Gasteiger charge is 2.07. The lowest BCUT2D eigenvalue weighted by molar-refractivity contribution is 0.429. The average molecular weight is 209 g/mol. The summed E-state index contributed by atoms with van der Waals surface area (Å²) in [5.41, 5.74) is 1.53. The fraction of sp³-hybridized carbons (Fsp3) is 0.750. The van der Waals surface area contributed by atoms with Crippen LogP contribution in [-0.4, -0.2) is 21.9 Å². The molecule has 1 aromatic rings. The van der Waals surface area contributed by atoms with Crippen LogP contribution >= 0.6 is 0 Å². The van der Waals surface area contributed by atoms with E-state index in [1.54, 1.807) is 0 Å². The summed E-state index contributed by atoms with van der Waals surface area (Å²) in [4.78, 5) is 0. The monoisotopic (exact) mass is 209 g/mol. The molecule has 1 N–H and O–H groups in total. The molecule has 0 radical (unpaired) electrons. The van der Waals surface area contributed by atoms with Gasteiger partial charge in [-0.25, -0.2) is 0 Å². The van der Waals surface area contributed by atoms with Gasteiger partial charge in [0.05, 0.1) is 6.20 Å². The van der Waals surface area contributed by atoms with Crippen LogP contribution in [0.1, 0.15) is 39.7 Å². The predicted molar refractivity (Wildman–Crippen MR) is 64.0 cm³/mol. The molecule has 1 rings (SSSR count). The molecule has 0 aromatic carbocycles. The molecule has 0 fully saturated rings. The Hall–Kier alpha value is -0.830. The Labute approximate surface area is 92.9 Å². The molecule has 3 nitrogen and oxygen atoms in total. The van der Waals surface area contributed by atoms with Gasteiger partial charge in [0, 0.05) is 18.3 Å². The molecule has 0 spiro atoms. The number of hydrogen-bond donors (Lipinski definition) is 1. The third-order valence-corrected chi connectivity index (χ3v) is 2.21. The highest BCUT2D eigenvalue weighted by molar-refractivity contribution is 5.04. The summed E-state index contributed by atoms with van der Waals surface area (Å²) in [7, 11) is 0. The van der Waals surface area contributed by atoms with Crippen LogP contribution in [0.4, 0.5) is 0 Å². The van der Waals surface area contributed by atoms with E-state index in [4.69, 9.17) is 0 Å². The second-order valence-electron chi connectivity index (χ2n) is 5.04. The molecule has 15 heavy (non-hydrogen) atoms. The van der Waals surface area contributed by atoms with Crippen LogP contribution in [0.2, 0.25) is 0 Å². The third-order valence-electron chi connectivity index (χ3n) is 2.21. The van der Waals surface area contributed by atoms with E-state index in [2.05, 4.69) is 44.3 Å². The Kier molecular flexibility index (Phi) is 4.33. The SMILES string of the molecule is CCCn1cc(CCNC(C)(C)C)cn1. The van der Waals surface area contributed by atoms with Crippen molar-refractivity contribution < 1.29 is 0 Å². The Balaban J connectivity index is 2.31. The number of nitrogens with zero attached hydrogens (tertiary/aromatic N) is 2. The van der Waals surface area contributed by atoms with Gasteiger partial charge in [-0.2, -0.15) is 5.10 Å². The van der Waals surface area contributed by atoms with E-state index in [1.807, 2.05) is 10.9 Å². The molecule has 0 saturated carbocycles. The summed E-state index contributed by atoms with van der Waals surface area (Å²) in [6, 6.07) is 0. The molecule has 1 heterocycles. The summed E-state index contributed by atoms with van der Waals surface area (Å²) < 4.78 is 2.02. The number of aryl methyl sites for hydroxylation is 1. The van der Waals surface area contributed by atoms with E-state index in [9.17, 15) is 0 Å². The van der Waals surface area contributed by atoms with Crippen LogP contribution < -0.4 is 5.32 Å². The lowest BCUT2D eigenvalue weighted by Gasteiger charge is -2.20. The van der Waals surface area contributed by atoms with Crippen LogP contribution in [0.5, 0.6) is 0 Å². The van der Waals surface area contributed by atoms with Gasteiger partial charge in [-0.15, -0.1) is 0 Å². The summed E-state index contributed by atoms with van der Waals surface area (Å²) in [6.07, 6.45) is 6.32. The maximum atomic E-state index is 4.31. The highest BCUT2D eigenvalue weighted by atomic mass is 15.3. The first-order valence-electron chi connectivity index (χ1n) is 5.77. The number of nitrogens with one attached hydrogen (secondary N) is 1. The van der Waals surface area contributed by atoms with Gasteiger partial charge in [0.1, 0.15) is 0 Å². The van der Waals surface area contributed by atoms with Gasteiger partial charge in [-0.3, -0.25) is 4.68 Å². The Morgan fingerprint density at radius 1 is 1.40 bits per heavy atom. The van der Waals surface area contributed by atoms with E-state index in [0.29, 0.717) is 0 Å². The first kappa shape index (κ1) is 12.2. The molecule has 0 aliphatic rings. The second-order valence-corrected chi connectivity index (χ2v) is 5.04. The summed E-state index contributed by atoms with van der Waals surface area (Å²) in [5.74, 6) is 0. The minimum Gasteiger partial charge on any atom is -0.312 e. The molecule has 0 aliphatic carbocycles. The fourth-order valence-corrected chi connectivity index (χ4v) is 1.47. The molecule has 86 valence electrons. The topological polar surface area (TPSA) is 29.9 Å². The highest BCUT2D eigenvalue weighted by Crippen LogP contribution is 2.02. The van der Waals surface area contributed by atoms with Crippen molar-refractivity contribution >= 4 is 0 Å². The predicted octanol–water partition coefficient (Wildman–Crippen LogP) is 2.22. The van der Waals surface area contributed by atoms with E-state index < -0.39 is 0 Å². The van der Waals surface area contributed by atoms with Gasteiger partial charge >= 0.3 is 0 Å². The zero-order chi connectivity index (χ0) is 11.3. The smallest absolute Gasteiger partial charge is 0.0522 e. The fourth-order valence-electron chi connectivity index (χ4n) is 1.47. The van der Waals surface area contributed by atoms with Crippen LogP contribution in [0.15, 0.2) is 12.4 Å². The maximum absolute atomic E-state index is 4.31. The average Bonchev–Trinajstić information content (AvgIpc) is 2.51. The van der Waals surface area contributed by atoms with E-state index >= 15 is 0 Å². The number of aromatic nitrogens is 2. The normalized spacial score (nSPS) is 12.0. The van der Waals surface area contributed by atoms with Crippen LogP contribution in [0.25, 0.3) is 0 Å². The zero-order valence-electron chi connectivity index (χ0n) is 10.4. The van der Waals surface area contributed by atoms with Crippen molar-refractivity contribution in [2.45, 2.75) is 52.6 Å². The van der Waals surface area contributed by atoms with Crippen LogP contribution in [0.3, 0.4) is 0 Å². The van der Waals surface area contributed by atoms with Crippen LogP contribution in [0, 0.1) is 0 Å². The zero-order valence-corrected chi connectivity index (χ0v) is 10.4. The van der Waals surface area contributed by atoms with Gasteiger partial charge in [0.25, 0.3) is 0 Å². The molecule has 0 atom stereocenters. The molecule has 1 aromatic heterocycles. The maximum Gasteiger partial charge on any atom is 0.0522 e. The van der Waals surface area contributed by atoms with Crippen molar-refractivity contribution in [1.82, 2.24) is 15.1 Å². The first-order chi connectivity index (χ1) is 7.01. The second kappa shape index (κ2) is 5.31. The Morgan fingerprint density at radius 3 is 2.73 bits per heavy atom. The number of hydrogen-bond acceptors (Lipinski definition) is 2. The van der Waals surface area contributed by atoms with Crippen molar-refractivity contribution in [3.63, 3.8) is 0 Å². The quantitative estimate of drug-likeness (QED) is 0.806. The third kappa shape index (κ3) is 4.98. The standard InChI is InChI=1S/C12H23N3/c1-5-8-15-10-11(9-14-15)6-7-13-12(2,3)4/h9-10,13H,5-8H2,1-4H3. The molecule has 0 unspecified atom stereocenters. The van der Waals surface area contributed by atoms with E-state index in [0.717, 1.165) is 25.9 Å². The molecular formula is C12H23N3. The molecule has 0 bridgehead atoms. The van der Waals surface area contributed by atoms with Crippen molar-refractivity contribution in [1.29, 1.82) is 0 Å². The molecule has 3 heteroatoms. The van der Waals surface area contributed by atoms with Crippen molar-refractivity contribution in [3.8, 4) is 0 Å². The molecule has 0 amide bonds. The van der Waals surface area contributed by atoms with Crippen molar-refractivity contribution in [2.24, 2.45) is 0 Å². The summed E-state index contributed by atoms with van der Waals surface area (Å²) >= 11 is 0. The van der Waals surface area contributed by atoms with Gasteiger partial charge in [0.2, 0.25) is 0 Å². The van der Waals surface area contributed by atoms with E-state index in [1.165, 1.54) is 5.56 Å². The molecule has 0 aliphatic heterocycles. The van der Waals surface area contributed by atoms with E-state index in [-0.39, 0.29) is 5.54 Å². The lowest BCUT2D eigenvalue weighted by Crippen LogP contribution is -2.37. The van der Waals surface area contributed by atoms with Gasteiger partial charge in [-0.1, -0.05) is 6.92 Å². The Morgan fingerprint density at radius 2 is 2.13 bits per heavy atom. The first-order valence-corrected chi connectivity index (χ1v) is 5.77. The number of rotatable bonds is 5. The van der Waals surface area contributed by atoms with Gasteiger partial charge in [0.15, 0.2) is 0 Å². The summed E-state index contributed by atoms with van der Waals surface area (Å²) in [5, 5.41) is 7.78. The van der Waals surface area contributed by atoms with Crippen LogP contribution in [-0.2, 0) is 13.0 Å². The largest absolute Gasteiger partial charge is 0.312 e. The summed E-state index contributed by atoms with van der Waals surface area (Å²) in [6.45, 7) is 10.8. The minimum absolute atomic E-state index is 0.208. The van der Waals surface area contributed by atoms with Gasteiger partial charge in [-0.05, 0) is 45.7 Å². The molecular weight excluding hydrogens is 186 g/mol. The Bertz CT molecular complexity index is 283. The van der Waals surface area contributed by atoms with Crippen molar-refractivity contribution in [3.05, 3.63) is 18.0 Å². The molecule has 0 saturated heterocycles. The van der Waals surface area contributed by atoms with Crippen molar-refractivity contribution in [2.75, 3.05) is 6.54 Å². The minimum atomic E-state index is 0.208.